The zero-order valence-corrected chi connectivity index (χ0v) is 8.81. The Morgan fingerprint density at radius 2 is 2.00 bits per heavy atom. The zero-order chi connectivity index (χ0) is 9.61. The summed E-state index contributed by atoms with van der Waals surface area (Å²) in [5, 5.41) is 0. The summed E-state index contributed by atoms with van der Waals surface area (Å²) in [6.07, 6.45) is 0. The van der Waals surface area contributed by atoms with E-state index in [1.807, 2.05) is 0 Å². The normalized spacial score (nSPS) is 11.3. The Hall–Kier alpha value is -0.260. The number of carbonyl (C=O) groups excluding carboxylic acids is 1. The Morgan fingerprint density at radius 3 is 2.42 bits per heavy atom. The molecule has 0 rings (SSSR count). The van der Waals surface area contributed by atoms with Crippen LogP contribution < -0.4 is 0 Å². The predicted octanol–water partition coefficient (Wildman–Crippen LogP) is 0.835. The van der Waals surface area contributed by atoms with E-state index in [4.69, 9.17) is 4.18 Å². The lowest BCUT2D eigenvalue weighted by Gasteiger charge is -2.22. The van der Waals surface area contributed by atoms with E-state index < -0.39 is 0 Å². The lowest BCUT2D eigenvalue weighted by atomic mass is 10.5. The molecule has 0 fully saturated rings. The number of likely N-dealkylation sites (N-methyl/N-ethyl adjacent to an activating group) is 1. The fourth-order valence-electron chi connectivity index (χ4n) is 0.417. The van der Waals surface area contributed by atoms with Crippen molar-refractivity contribution in [2.24, 2.45) is 0 Å². The molecule has 0 aliphatic rings. The van der Waals surface area contributed by atoms with E-state index >= 15 is 0 Å². The summed E-state index contributed by atoms with van der Waals surface area (Å²) in [4.78, 5) is 10.3. The maximum atomic E-state index is 10.3. The maximum absolute atomic E-state index is 10.3. The largest absolute Gasteiger partial charge is 0.364 e. The van der Waals surface area contributed by atoms with E-state index in [0.29, 0.717) is 6.61 Å². The van der Waals surface area contributed by atoms with Crippen LogP contribution in [0.15, 0.2) is 0 Å². The Balaban J connectivity index is 3.17. The number of nitrogens with zero attached hydrogens (tertiary/aromatic N) is 1. The zero-order valence-electron chi connectivity index (χ0n) is 7.99. The highest BCUT2D eigenvalue weighted by Gasteiger charge is 2.06. The van der Waals surface area contributed by atoms with Crippen molar-refractivity contribution in [2.75, 3.05) is 34.3 Å². The van der Waals surface area contributed by atoms with E-state index in [1.165, 1.54) is 6.92 Å². The maximum Gasteiger partial charge on any atom is 0.316 e. The topological polar surface area (TPSA) is 35.5 Å². The molecule has 0 radical (unpaired) electrons. The highest BCUT2D eigenvalue weighted by atomic mass is 32.2. The number of carbonyl (C=O) groups is 1. The third kappa shape index (κ3) is 9.74. The molecular formula is C7H16NO3S+. The first kappa shape index (κ1) is 11.7. The van der Waals surface area contributed by atoms with Crippen LogP contribution >= 0.6 is 12.3 Å². The molecule has 0 aliphatic carbocycles. The van der Waals surface area contributed by atoms with Crippen LogP contribution in [0, 0.1) is 0 Å². The van der Waals surface area contributed by atoms with Gasteiger partial charge >= 0.3 is 5.97 Å². The van der Waals surface area contributed by atoms with Crippen LogP contribution in [-0.2, 0) is 13.2 Å². The molecule has 12 heavy (non-hydrogen) atoms. The van der Waals surface area contributed by atoms with Crippen LogP contribution in [0.1, 0.15) is 6.92 Å². The molecule has 0 N–H and O–H groups in total. The van der Waals surface area contributed by atoms with E-state index in [9.17, 15) is 4.79 Å². The van der Waals surface area contributed by atoms with Crippen LogP contribution in [0.2, 0.25) is 0 Å². The SMILES string of the molecule is CC(=O)OSOCC[N+](C)(C)C. The van der Waals surface area contributed by atoms with Crippen molar-refractivity contribution in [3.05, 3.63) is 0 Å². The summed E-state index contributed by atoms with van der Waals surface area (Å²) in [5.41, 5.74) is 0. The highest BCUT2D eigenvalue weighted by Crippen LogP contribution is 2.04. The molecule has 0 amide bonds. The number of hydrogen-bond donors (Lipinski definition) is 0. The minimum Gasteiger partial charge on any atom is -0.364 e. The minimum absolute atomic E-state index is 0.342. The predicted molar refractivity (Wildman–Crippen MR) is 48.2 cm³/mol. The molecule has 0 bridgehead atoms. The Kier molecular flexibility index (Phi) is 5.28. The highest BCUT2D eigenvalue weighted by molar-refractivity contribution is 7.90. The van der Waals surface area contributed by atoms with Gasteiger partial charge in [-0.25, -0.2) is 0 Å². The summed E-state index contributed by atoms with van der Waals surface area (Å²) in [6.45, 7) is 2.80. The second-order valence-electron chi connectivity index (χ2n) is 3.48. The monoisotopic (exact) mass is 194 g/mol. The van der Waals surface area contributed by atoms with E-state index in [1.54, 1.807) is 0 Å². The van der Waals surface area contributed by atoms with Gasteiger partial charge in [0.1, 0.15) is 13.2 Å². The third-order valence-corrected chi connectivity index (χ3v) is 1.61. The van der Waals surface area contributed by atoms with Crippen molar-refractivity contribution in [1.82, 2.24) is 0 Å². The first-order chi connectivity index (χ1) is 5.42. The van der Waals surface area contributed by atoms with Gasteiger partial charge in [-0.3, -0.25) is 8.98 Å². The molecule has 0 heterocycles. The fourth-order valence-corrected chi connectivity index (χ4v) is 0.704. The quantitative estimate of drug-likeness (QED) is 0.369. The molecule has 0 unspecified atom stereocenters. The third-order valence-electron chi connectivity index (χ3n) is 1.04. The molecule has 5 heteroatoms. The Bertz CT molecular complexity index is 144. The van der Waals surface area contributed by atoms with Crippen LogP contribution in [0.5, 0.6) is 0 Å². The Morgan fingerprint density at radius 1 is 1.42 bits per heavy atom. The fraction of sp³-hybridized carbons (Fsp3) is 0.857. The Labute approximate surface area is 77.8 Å². The minimum atomic E-state index is -0.342. The van der Waals surface area contributed by atoms with Gasteiger partial charge in [0.05, 0.1) is 21.1 Å². The number of rotatable bonds is 5. The van der Waals surface area contributed by atoms with Crippen molar-refractivity contribution in [1.29, 1.82) is 0 Å². The molecule has 0 spiro atoms. The van der Waals surface area contributed by atoms with Crippen LogP contribution in [-0.4, -0.2) is 44.7 Å². The standard InChI is InChI=1S/C7H16NO3S/c1-7(9)11-12-10-6-5-8(2,3)4/h5-6H2,1-4H3/q+1. The average molecular weight is 194 g/mol. The van der Waals surface area contributed by atoms with Crippen molar-refractivity contribution < 1.29 is 17.6 Å². The van der Waals surface area contributed by atoms with Gasteiger partial charge in [0, 0.05) is 6.92 Å². The molecule has 72 valence electrons. The second kappa shape index (κ2) is 5.40. The molecule has 0 aromatic rings. The summed E-state index contributed by atoms with van der Waals surface area (Å²) < 4.78 is 10.3. The molecule has 0 aromatic heterocycles. The van der Waals surface area contributed by atoms with Gasteiger partial charge in [-0.05, 0) is 0 Å². The molecule has 0 saturated carbocycles. The molecule has 0 aliphatic heterocycles. The molecule has 0 saturated heterocycles. The van der Waals surface area contributed by atoms with E-state index in [2.05, 4.69) is 25.3 Å². The summed E-state index contributed by atoms with van der Waals surface area (Å²) in [6, 6.07) is 0. The van der Waals surface area contributed by atoms with Crippen molar-refractivity contribution >= 4 is 18.3 Å². The van der Waals surface area contributed by atoms with Gasteiger partial charge in [0.15, 0.2) is 0 Å². The van der Waals surface area contributed by atoms with Crippen molar-refractivity contribution in [2.45, 2.75) is 6.92 Å². The van der Waals surface area contributed by atoms with Crippen molar-refractivity contribution in [3.8, 4) is 0 Å². The smallest absolute Gasteiger partial charge is 0.316 e. The van der Waals surface area contributed by atoms with E-state index in [-0.39, 0.29) is 5.97 Å². The van der Waals surface area contributed by atoms with Crippen LogP contribution in [0.3, 0.4) is 0 Å². The summed E-state index contributed by atoms with van der Waals surface area (Å²) >= 11 is 0.742. The lowest BCUT2D eigenvalue weighted by Crippen LogP contribution is -2.37. The average Bonchev–Trinajstić information content (AvgIpc) is 1.83. The number of hydrogen-bond acceptors (Lipinski definition) is 4. The van der Waals surface area contributed by atoms with E-state index in [0.717, 1.165) is 23.4 Å². The van der Waals surface area contributed by atoms with Gasteiger partial charge in [-0.15, -0.1) is 0 Å². The van der Waals surface area contributed by atoms with Crippen LogP contribution in [0.4, 0.5) is 0 Å². The van der Waals surface area contributed by atoms with Gasteiger partial charge in [-0.1, -0.05) is 0 Å². The van der Waals surface area contributed by atoms with Crippen molar-refractivity contribution in [3.63, 3.8) is 0 Å². The number of quaternary nitrogens is 1. The summed E-state index contributed by atoms with van der Waals surface area (Å²) in [7, 11) is 6.21. The van der Waals surface area contributed by atoms with Gasteiger partial charge in [0.25, 0.3) is 0 Å². The van der Waals surface area contributed by atoms with Gasteiger partial charge in [-0.2, -0.15) is 0 Å². The first-order valence-corrected chi connectivity index (χ1v) is 4.35. The second-order valence-corrected chi connectivity index (χ2v) is 4.02. The molecule has 0 aromatic carbocycles. The molecule has 4 nitrogen and oxygen atoms in total. The van der Waals surface area contributed by atoms with Gasteiger partial charge in [0.2, 0.25) is 12.3 Å². The lowest BCUT2D eigenvalue weighted by molar-refractivity contribution is -0.870. The van der Waals surface area contributed by atoms with Gasteiger partial charge < -0.3 is 8.67 Å². The molecular weight excluding hydrogens is 178 g/mol. The van der Waals surface area contributed by atoms with Crippen LogP contribution in [0.25, 0.3) is 0 Å². The molecule has 0 atom stereocenters. The summed E-state index contributed by atoms with van der Waals surface area (Å²) in [5.74, 6) is -0.342. The first-order valence-electron chi connectivity index (χ1n) is 3.69.